The molecule has 0 saturated carbocycles. The molecular weight excluding hydrogens is 406 g/mol. The number of nitrogens with zero attached hydrogens (tertiary/aromatic N) is 1. The molecule has 0 radical (unpaired) electrons. The Hall–Kier alpha value is -2.80. The minimum atomic E-state index is -0.741. The third-order valence-electron chi connectivity index (χ3n) is 5.51. The molecule has 6 nitrogen and oxygen atoms in total. The van der Waals surface area contributed by atoms with Gasteiger partial charge in [-0.1, -0.05) is 29.8 Å². The van der Waals surface area contributed by atoms with Gasteiger partial charge in [-0.05, 0) is 43.8 Å². The minimum absolute atomic E-state index is 0.0104. The number of piperidine rings is 1. The SMILES string of the molecule is CN1CC[C@H](c2c(O)cc(O)c3c(=O)cc(/C=C/c4ccccc4Cl)oc23)[C@H](O)C1. The number of aliphatic hydroxyl groups excluding tert-OH is 1. The Kier molecular flexibility index (Phi) is 5.56. The van der Waals surface area contributed by atoms with Crippen LogP contribution in [0.5, 0.6) is 11.5 Å². The highest BCUT2D eigenvalue weighted by Gasteiger charge is 2.32. The minimum Gasteiger partial charge on any atom is -0.507 e. The number of phenols is 2. The van der Waals surface area contributed by atoms with Crippen molar-refractivity contribution in [1.82, 2.24) is 4.90 Å². The van der Waals surface area contributed by atoms with E-state index in [-0.39, 0.29) is 28.2 Å². The summed E-state index contributed by atoms with van der Waals surface area (Å²) in [6.07, 6.45) is 3.17. The fraction of sp³-hybridized carbons (Fsp3) is 0.261. The lowest BCUT2D eigenvalue weighted by molar-refractivity contribution is 0.0630. The molecule has 2 aromatic carbocycles. The molecule has 0 aliphatic carbocycles. The van der Waals surface area contributed by atoms with Crippen LogP contribution >= 0.6 is 11.6 Å². The van der Waals surface area contributed by atoms with Crippen molar-refractivity contribution in [2.45, 2.75) is 18.4 Å². The first-order chi connectivity index (χ1) is 14.3. The fourth-order valence-electron chi connectivity index (χ4n) is 3.99. The monoisotopic (exact) mass is 427 g/mol. The van der Waals surface area contributed by atoms with Crippen LogP contribution in [-0.2, 0) is 0 Å². The molecule has 2 atom stereocenters. The van der Waals surface area contributed by atoms with Crippen LogP contribution in [0.1, 0.15) is 29.2 Å². The van der Waals surface area contributed by atoms with Gasteiger partial charge in [0.15, 0.2) is 5.43 Å². The number of hydrogen-bond acceptors (Lipinski definition) is 6. The van der Waals surface area contributed by atoms with E-state index in [1.54, 1.807) is 18.2 Å². The van der Waals surface area contributed by atoms with Gasteiger partial charge >= 0.3 is 0 Å². The van der Waals surface area contributed by atoms with Gasteiger partial charge in [0.05, 0.1) is 6.10 Å². The number of rotatable bonds is 3. The van der Waals surface area contributed by atoms with Crippen LogP contribution in [0.25, 0.3) is 23.1 Å². The predicted molar refractivity (Wildman–Crippen MR) is 117 cm³/mol. The zero-order valence-corrected chi connectivity index (χ0v) is 17.1. The molecular formula is C23H22ClNO5. The van der Waals surface area contributed by atoms with Gasteiger partial charge in [-0.15, -0.1) is 0 Å². The number of likely N-dealkylation sites (N-methyl/N-ethyl adjacent to an activating group) is 1. The molecule has 1 aliphatic heterocycles. The maximum Gasteiger partial charge on any atom is 0.197 e. The van der Waals surface area contributed by atoms with Crippen LogP contribution in [0.3, 0.4) is 0 Å². The van der Waals surface area contributed by atoms with Crippen LogP contribution in [0.4, 0.5) is 0 Å². The maximum absolute atomic E-state index is 12.7. The molecule has 1 fully saturated rings. The van der Waals surface area contributed by atoms with Crippen LogP contribution in [0, 0.1) is 0 Å². The molecule has 30 heavy (non-hydrogen) atoms. The van der Waals surface area contributed by atoms with Gasteiger partial charge in [0.1, 0.15) is 28.2 Å². The van der Waals surface area contributed by atoms with Crippen molar-refractivity contribution in [2.24, 2.45) is 0 Å². The van der Waals surface area contributed by atoms with Gasteiger partial charge in [0.2, 0.25) is 0 Å². The summed E-state index contributed by atoms with van der Waals surface area (Å²) in [6, 6.07) is 9.67. The largest absolute Gasteiger partial charge is 0.507 e. The summed E-state index contributed by atoms with van der Waals surface area (Å²) in [7, 11) is 1.91. The Morgan fingerprint density at radius 1 is 1.17 bits per heavy atom. The van der Waals surface area contributed by atoms with Crippen molar-refractivity contribution in [1.29, 1.82) is 0 Å². The molecule has 3 N–H and O–H groups in total. The van der Waals surface area contributed by atoms with E-state index in [9.17, 15) is 20.1 Å². The normalized spacial score (nSPS) is 20.2. The van der Waals surface area contributed by atoms with Crippen LogP contribution in [0.2, 0.25) is 5.02 Å². The number of halogens is 1. The Morgan fingerprint density at radius 3 is 2.67 bits per heavy atom. The summed E-state index contributed by atoms with van der Waals surface area (Å²) in [5.74, 6) is -0.732. The number of phenolic OH excluding ortho intramolecular Hbond substituents is 2. The second-order valence-electron chi connectivity index (χ2n) is 7.63. The van der Waals surface area contributed by atoms with E-state index in [1.807, 2.05) is 30.1 Å². The first kappa shape index (κ1) is 20.5. The van der Waals surface area contributed by atoms with E-state index in [1.165, 1.54) is 6.07 Å². The number of fused-ring (bicyclic) bond motifs is 1. The number of aromatic hydroxyl groups is 2. The average Bonchev–Trinajstić information content (AvgIpc) is 2.68. The van der Waals surface area contributed by atoms with E-state index in [4.69, 9.17) is 16.0 Å². The summed E-state index contributed by atoms with van der Waals surface area (Å²) in [6.45, 7) is 1.16. The molecule has 0 amide bonds. The molecule has 3 aromatic rings. The lowest BCUT2D eigenvalue weighted by atomic mass is 9.85. The van der Waals surface area contributed by atoms with Crippen molar-refractivity contribution in [3.05, 3.63) is 68.5 Å². The Labute approximate surface area is 178 Å². The third-order valence-corrected chi connectivity index (χ3v) is 5.85. The molecule has 1 aromatic heterocycles. The summed E-state index contributed by atoms with van der Waals surface area (Å²) in [4.78, 5) is 14.7. The van der Waals surface area contributed by atoms with Gasteiger partial charge in [-0.2, -0.15) is 0 Å². The highest BCUT2D eigenvalue weighted by molar-refractivity contribution is 6.32. The third kappa shape index (κ3) is 3.81. The van der Waals surface area contributed by atoms with E-state index in [0.717, 1.165) is 18.2 Å². The highest BCUT2D eigenvalue weighted by atomic mass is 35.5. The van der Waals surface area contributed by atoms with E-state index in [0.29, 0.717) is 23.6 Å². The van der Waals surface area contributed by atoms with Gasteiger partial charge in [-0.25, -0.2) is 0 Å². The standard InChI is InChI=1S/C23H22ClNO5/c1-25-9-8-15(20(29)12-25)21-18(27)11-19(28)22-17(26)10-14(30-23(21)22)7-6-13-4-2-3-5-16(13)24/h2-7,10-11,15,20,27-29H,8-9,12H2,1H3/b7-6+/t15-,20+/m0/s1. The first-order valence-electron chi connectivity index (χ1n) is 9.67. The van der Waals surface area contributed by atoms with Crippen LogP contribution < -0.4 is 5.43 Å². The molecule has 156 valence electrons. The van der Waals surface area contributed by atoms with Crippen LogP contribution in [0.15, 0.2) is 45.6 Å². The van der Waals surface area contributed by atoms with Crippen molar-refractivity contribution in [2.75, 3.05) is 20.1 Å². The van der Waals surface area contributed by atoms with Gasteiger partial charge < -0.3 is 24.6 Å². The van der Waals surface area contributed by atoms with Gasteiger partial charge in [0.25, 0.3) is 0 Å². The second-order valence-corrected chi connectivity index (χ2v) is 8.03. The van der Waals surface area contributed by atoms with Crippen molar-refractivity contribution in [3.8, 4) is 11.5 Å². The Bertz CT molecular complexity index is 1190. The molecule has 0 spiro atoms. The first-order valence-corrected chi connectivity index (χ1v) is 10.0. The smallest absolute Gasteiger partial charge is 0.197 e. The second kappa shape index (κ2) is 8.14. The quantitative estimate of drug-likeness (QED) is 0.588. The van der Waals surface area contributed by atoms with Gasteiger partial charge in [0, 0.05) is 35.2 Å². The number of aliphatic hydroxyl groups is 1. The van der Waals surface area contributed by atoms with Crippen LogP contribution in [-0.4, -0.2) is 46.5 Å². The maximum atomic E-state index is 12.7. The number of benzene rings is 2. The van der Waals surface area contributed by atoms with Crippen molar-refractivity contribution >= 4 is 34.7 Å². The summed E-state index contributed by atoms with van der Waals surface area (Å²) in [5.41, 5.74) is 0.753. The zero-order chi connectivity index (χ0) is 21.4. The summed E-state index contributed by atoms with van der Waals surface area (Å²) < 4.78 is 5.95. The summed E-state index contributed by atoms with van der Waals surface area (Å²) in [5, 5.41) is 32.0. The lowest BCUT2D eigenvalue weighted by Crippen LogP contribution is -2.40. The molecule has 2 heterocycles. The summed E-state index contributed by atoms with van der Waals surface area (Å²) >= 11 is 6.17. The molecule has 0 unspecified atom stereocenters. The fourth-order valence-corrected chi connectivity index (χ4v) is 4.19. The topological polar surface area (TPSA) is 94.1 Å². The number of hydrogen-bond donors (Lipinski definition) is 3. The molecule has 1 saturated heterocycles. The Balaban J connectivity index is 1.86. The molecule has 0 bridgehead atoms. The molecule has 4 rings (SSSR count). The van der Waals surface area contributed by atoms with E-state index >= 15 is 0 Å². The van der Waals surface area contributed by atoms with Crippen molar-refractivity contribution < 1.29 is 19.7 Å². The Morgan fingerprint density at radius 2 is 1.93 bits per heavy atom. The number of β-amino-alcohol motifs (C(OH)–C–C–N with tert-alkyl or cyclic N) is 1. The molecule has 1 aliphatic rings. The predicted octanol–water partition coefficient (Wildman–Crippen LogP) is 3.81. The lowest BCUT2D eigenvalue weighted by Gasteiger charge is -2.34. The average molecular weight is 428 g/mol. The van der Waals surface area contributed by atoms with E-state index in [2.05, 4.69) is 0 Å². The number of likely N-dealkylation sites (tertiary alicyclic amines) is 1. The molecule has 7 heteroatoms. The van der Waals surface area contributed by atoms with Crippen molar-refractivity contribution in [3.63, 3.8) is 0 Å². The van der Waals surface area contributed by atoms with Gasteiger partial charge in [-0.3, -0.25) is 4.79 Å². The highest BCUT2D eigenvalue weighted by Crippen LogP contribution is 2.41. The van der Waals surface area contributed by atoms with E-state index < -0.39 is 17.5 Å². The zero-order valence-electron chi connectivity index (χ0n) is 16.4.